The van der Waals surface area contributed by atoms with Crippen molar-refractivity contribution in [1.82, 2.24) is 0 Å². The van der Waals surface area contributed by atoms with Gasteiger partial charge in [0.15, 0.2) is 11.5 Å². The summed E-state index contributed by atoms with van der Waals surface area (Å²) in [7, 11) is 0. The molecule has 0 radical (unpaired) electrons. The zero-order chi connectivity index (χ0) is 5.56. The molecule has 0 amide bonds. The molecule has 0 atom stereocenters. The quantitative estimate of drug-likeness (QED) is 0.488. The van der Waals surface area contributed by atoms with E-state index in [-0.39, 0.29) is 0 Å². The van der Waals surface area contributed by atoms with E-state index in [9.17, 15) is 0 Å². The van der Waals surface area contributed by atoms with Crippen molar-refractivity contribution < 1.29 is 4.74 Å². The standard InChI is InChI=1S/C6H3IO/c7-4-2-1-3-5-6(4)8-5/h1-3H. The molecular formula is C6H3IO. The van der Waals surface area contributed by atoms with Gasteiger partial charge in [-0.3, -0.25) is 0 Å². The lowest BCUT2D eigenvalue weighted by Gasteiger charge is -1.74. The molecule has 1 heterocycles. The third-order valence-electron chi connectivity index (χ3n) is 1.10. The van der Waals surface area contributed by atoms with Crippen molar-refractivity contribution >= 4 is 22.6 Å². The van der Waals surface area contributed by atoms with E-state index in [0.717, 1.165) is 11.5 Å². The summed E-state index contributed by atoms with van der Waals surface area (Å²) in [5.41, 5.74) is 0. The van der Waals surface area contributed by atoms with Crippen LogP contribution >= 0.6 is 22.6 Å². The Kier molecular flexibility index (Phi) is 0.791. The molecule has 1 aliphatic heterocycles. The van der Waals surface area contributed by atoms with Gasteiger partial charge < -0.3 is 4.74 Å². The number of para-hydroxylation sites is 1. The fourth-order valence-corrected chi connectivity index (χ4v) is 1.24. The molecule has 0 N–H and O–H groups in total. The molecule has 8 heavy (non-hydrogen) atoms. The van der Waals surface area contributed by atoms with Crippen molar-refractivity contribution in [3.63, 3.8) is 0 Å². The zero-order valence-corrected chi connectivity index (χ0v) is 6.18. The fourth-order valence-electron chi connectivity index (χ4n) is 0.656. The molecule has 0 saturated heterocycles. The molecule has 2 rings (SSSR count). The summed E-state index contributed by atoms with van der Waals surface area (Å²) in [6, 6.07) is 6.00. The molecule has 1 aromatic carbocycles. The SMILES string of the molecule is Ic1cccc2c1O2. The van der Waals surface area contributed by atoms with Crippen LogP contribution in [0, 0.1) is 3.57 Å². The van der Waals surface area contributed by atoms with Gasteiger partial charge in [-0.25, -0.2) is 0 Å². The van der Waals surface area contributed by atoms with Gasteiger partial charge in [0.05, 0.1) is 3.57 Å². The van der Waals surface area contributed by atoms with Gasteiger partial charge in [0.2, 0.25) is 0 Å². The summed E-state index contributed by atoms with van der Waals surface area (Å²) in [4.78, 5) is 0. The van der Waals surface area contributed by atoms with Crippen molar-refractivity contribution in [3.05, 3.63) is 21.8 Å². The van der Waals surface area contributed by atoms with E-state index in [4.69, 9.17) is 4.74 Å². The van der Waals surface area contributed by atoms with Gasteiger partial charge in [-0.15, -0.1) is 0 Å². The second-order valence-electron chi connectivity index (χ2n) is 1.67. The number of rotatable bonds is 0. The molecule has 0 saturated carbocycles. The van der Waals surface area contributed by atoms with Crippen molar-refractivity contribution in [1.29, 1.82) is 0 Å². The maximum atomic E-state index is 5.06. The lowest BCUT2D eigenvalue weighted by molar-refractivity contribution is 0.647. The number of ether oxygens (including phenoxy) is 1. The van der Waals surface area contributed by atoms with E-state index in [0.29, 0.717) is 0 Å². The lowest BCUT2D eigenvalue weighted by Crippen LogP contribution is -1.54. The van der Waals surface area contributed by atoms with Crippen molar-refractivity contribution in [3.8, 4) is 11.5 Å². The van der Waals surface area contributed by atoms with Gasteiger partial charge in [0, 0.05) is 0 Å². The van der Waals surface area contributed by atoms with Gasteiger partial charge in [0.25, 0.3) is 0 Å². The normalized spacial score (nSPS) is 12.1. The Hall–Kier alpha value is -0.250. The highest BCUT2D eigenvalue weighted by atomic mass is 127. The van der Waals surface area contributed by atoms with Crippen LogP contribution in [0.4, 0.5) is 0 Å². The summed E-state index contributed by atoms with van der Waals surface area (Å²) >= 11 is 2.25. The van der Waals surface area contributed by atoms with E-state index in [2.05, 4.69) is 22.6 Å². The van der Waals surface area contributed by atoms with Crippen LogP contribution in [0.2, 0.25) is 0 Å². The van der Waals surface area contributed by atoms with Crippen LogP contribution in [0.5, 0.6) is 11.5 Å². The molecule has 0 unspecified atom stereocenters. The molecule has 2 heteroatoms. The first-order chi connectivity index (χ1) is 3.88. The van der Waals surface area contributed by atoms with Gasteiger partial charge in [-0.05, 0) is 34.7 Å². The molecule has 40 valence electrons. The molecular weight excluding hydrogens is 215 g/mol. The van der Waals surface area contributed by atoms with Crippen LogP contribution in [0.3, 0.4) is 0 Å². The zero-order valence-electron chi connectivity index (χ0n) is 4.02. The first kappa shape index (κ1) is 4.61. The fraction of sp³-hybridized carbons (Fsp3) is 0. The molecule has 0 aromatic heterocycles. The topological polar surface area (TPSA) is 12.5 Å². The second-order valence-corrected chi connectivity index (χ2v) is 2.83. The van der Waals surface area contributed by atoms with Crippen LogP contribution in [0.1, 0.15) is 0 Å². The van der Waals surface area contributed by atoms with Crippen molar-refractivity contribution in [2.24, 2.45) is 0 Å². The largest absolute Gasteiger partial charge is 0.448 e. The molecule has 0 fully saturated rings. The van der Waals surface area contributed by atoms with Crippen LogP contribution in [-0.2, 0) is 0 Å². The molecule has 1 aromatic rings. The van der Waals surface area contributed by atoms with E-state index < -0.39 is 0 Å². The first-order valence-corrected chi connectivity index (χ1v) is 3.42. The van der Waals surface area contributed by atoms with Gasteiger partial charge >= 0.3 is 0 Å². The number of halogens is 1. The summed E-state index contributed by atoms with van der Waals surface area (Å²) in [6.07, 6.45) is 0. The molecule has 1 aliphatic rings. The van der Waals surface area contributed by atoms with E-state index >= 15 is 0 Å². The summed E-state index contributed by atoms with van der Waals surface area (Å²) < 4.78 is 6.27. The third-order valence-corrected chi connectivity index (χ3v) is 1.95. The second kappa shape index (κ2) is 1.37. The average Bonchev–Trinajstić information content (AvgIpc) is 2.45. The number of benzene rings is 1. The molecule has 0 aliphatic carbocycles. The minimum absolute atomic E-state index is 1.04. The highest BCUT2D eigenvalue weighted by Gasteiger charge is 2.21. The number of fused-ring (bicyclic) bond motifs is 1. The Labute approximate surface area is 60.8 Å². The Balaban J connectivity index is 2.70. The predicted molar refractivity (Wildman–Crippen MR) is 39.2 cm³/mol. The maximum Gasteiger partial charge on any atom is 0.183 e. The first-order valence-electron chi connectivity index (χ1n) is 2.34. The van der Waals surface area contributed by atoms with E-state index in [1.54, 1.807) is 0 Å². The monoisotopic (exact) mass is 218 g/mol. The smallest absolute Gasteiger partial charge is 0.183 e. The Bertz CT molecular complexity index is 232. The van der Waals surface area contributed by atoms with Gasteiger partial charge in [0.1, 0.15) is 0 Å². The van der Waals surface area contributed by atoms with E-state index in [1.807, 2.05) is 18.2 Å². The Morgan fingerprint density at radius 3 is 2.88 bits per heavy atom. The van der Waals surface area contributed by atoms with E-state index in [1.165, 1.54) is 3.57 Å². The number of hydrogen-bond acceptors (Lipinski definition) is 1. The minimum atomic E-state index is 1.04. The highest BCUT2D eigenvalue weighted by molar-refractivity contribution is 14.1. The lowest BCUT2D eigenvalue weighted by atomic mass is 10.4. The highest BCUT2D eigenvalue weighted by Crippen LogP contribution is 2.47. The summed E-state index contributed by atoms with van der Waals surface area (Å²) in [5, 5.41) is 0. The third kappa shape index (κ3) is 0.523. The van der Waals surface area contributed by atoms with Crippen LogP contribution in [0.25, 0.3) is 0 Å². The van der Waals surface area contributed by atoms with Gasteiger partial charge in [-0.1, -0.05) is 6.07 Å². The van der Waals surface area contributed by atoms with Crippen LogP contribution < -0.4 is 4.74 Å². The van der Waals surface area contributed by atoms with Crippen molar-refractivity contribution in [2.75, 3.05) is 0 Å². The summed E-state index contributed by atoms with van der Waals surface area (Å²) in [5.74, 6) is 2.10. The maximum absolute atomic E-state index is 5.06. The Morgan fingerprint density at radius 1 is 1.38 bits per heavy atom. The molecule has 0 bridgehead atoms. The molecule has 1 nitrogen and oxygen atoms in total. The number of hydrogen-bond donors (Lipinski definition) is 0. The Morgan fingerprint density at radius 2 is 2.25 bits per heavy atom. The predicted octanol–water partition coefficient (Wildman–Crippen LogP) is 2.40. The van der Waals surface area contributed by atoms with Crippen LogP contribution in [-0.4, -0.2) is 0 Å². The van der Waals surface area contributed by atoms with Gasteiger partial charge in [-0.2, -0.15) is 0 Å². The average molecular weight is 218 g/mol. The van der Waals surface area contributed by atoms with Crippen molar-refractivity contribution in [2.45, 2.75) is 0 Å². The molecule has 0 spiro atoms. The minimum Gasteiger partial charge on any atom is -0.448 e. The van der Waals surface area contributed by atoms with Crippen LogP contribution in [0.15, 0.2) is 18.2 Å². The summed E-state index contributed by atoms with van der Waals surface area (Å²) in [6.45, 7) is 0.